The first-order chi connectivity index (χ1) is 13.6. The van der Waals surface area contributed by atoms with Gasteiger partial charge < -0.3 is 14.7 Å². The Balaban J connectivity index is 1.59. The number of aryl methyl sites for hydroxylation is 1. The summed E-state index contributed by atoms with van der Waals surface area (Å²) < 4.78 is 37.7. The van der Waals surface area contributed by atoms with E-state index in [1.807, 2.05) is 25.1 Å². The van der Waals surface area contributed by atoms with Gasteiger partial charge in [0.2, 0.25) is 11.8 Å². The van der Waals surface area contributed by atoms with Crippen LogP contribution in [0.1, 0.15) is 28.8 Å². The molecule has 1 atom stereocenters. The topological polar surface area (TPSA) is 60.9 Å². The maximum absolute atomic E-state index is 12.8. The summed E-state index contributed by atoms with van der Waals surface area (Å²) in [5.41, 5.74) is 1.57. The number of halogens is 3. The number of carbonyl (C=O) groups excluding carboxylic acids is 3. The molecule has 0 radical (unpaired) electrons. The third kappa shape index (κ3) is 5.27. The molecule has 0 N–H and O–H groups in total. The van der Waals surface area contributed by atoms with E-state index in [1.54, 1.807) is 15.9 Å². The molecule has 0 aliphatic carbocycles. The lowest BCUT2D eigenvalue weighted by molar-refractivity contribution is -0.157. The van der Waals surface area contributed by atoms with Crippen LogP contribution in [0.15, 0.2) is 24.3 Å². The fourth-order valence-corrected chi connectivity index (χ4v) is 3.87. The number of hydrogen-bond acceptors (Lipinski definition) is 3. The normalized spacial score (nSPS) is 20.8. The smallest absolute Gasteiger partial charge is 0.341 e. The number of benzene rings is 1. The van der Waals surface area contributed by atoms with Gasteiger partial charge in [0.25, 0.3) is 5.91 Å². The van der Waals surface area contributed by atoms with E-state index in [4.69, 9.17) is 0 Å². The van der Waals surface area contributed by atoms with E-state index in [0.717, 1.165) is 5.56 Å². The van der Waals surface area contributed by atoms with Gasteiger partial charge in [-0.1, -0.05) is 17.7 Å². The van der Waals surface area contributed by atoms with Crippen molar-refractivity contribution in [2.45, 2.75) is 25.9 Å². The van der Waals surface area contributed by atoms with E-state index in [9.17, 15) is 27.6 Å². The van der Waals surface area contributed by atoms with Crippen LogP contribution in [-0.4, -0.2) is 77.9 Å². The Labute approximate surface area is 167 Å². The van der Waals surface area contributed by atoms with Crippen LogP contribution in [0, 0.1) is 12.8 Å². The molecule has 9 heteroatoms. The molecule has 2 aliphatic heterocycles. The van der Waals surface area contributed by atoms with Crippen molar-refractivity contribution < 1.29 is 27.6 Å². The molecule has 0 spiro atoms. The van der Waals surface area contributed by atoms with E-state index >= 15 is 0 Å². The molecule has 2 saturated heterocycles. The van der Waals surface area contributed by atoms with E-state index < -0.39 is 24.5 Å². The molecule has 158 valence electrons. The minimum Gasteiger partial charge on any atom is -0.341 e. The van der Waals surface area contributed by atoms with Gasteiger partial charge in [0.05, 0.1) is 5.92 Å². The minimum atomic E-state index is -4.48. The maximum Gasteiger partial charge on any atom is 0.406 e. The van der Waals surface area contributed by atoms with Crippen LogP contribution in [0.3, 0.4) is 0 Å². The van der Waals surface area contributed by atoms with Gasteiger partial charge in [0.1, 0.15) is 6.54 Å². The highest BCUT2D eigenvalue weighted by molar-refractivity contribution is 5.94. The molecule has 6 nitrogen and oxygen atoms in total. The van der Waals surface area contributed by atoms with Crippen molar-refractivity contribution in [2.24, 2.45) is 5.92 Å². The number of hydrogen-bond donors (Lipinski definition) is 0. The van der Waals surface area contributed by atoms with Crippen molar-refractivity contribution in [3.8, 4) is 0 Å². The Kier molecular flexibility index (Phi) is 6.14. The number of carbonyl (C=O) groups is 3. The zero-order chi connectivity index (χ0) is 21.2. The zero-order valence-electron chi connectivity index (χ0n) is 16.2. The Bertz CT molecular complexity index is 797. The third-order valence-electron chi connectivity index (χ3n) is 5.29. The predicted molar refractivity (Wildman–Crippen MR) is 99.0 cm³/mol. The van der Waals surface area contributed by atoms with E-state index in [1.165, 1.54) is 0 Å². The molecular weight excluding hydrogens is 387 g/mol. The number of rotatable bonds is 3. The first kappa shape index (κ1) is 21.1. The number of amides is 3. The number of likely N-dealkylation sites (tertiary alicyclic amines) is 1. The molecule has 2 fully saturated rings. The van der Waals surface area contributed by atoms with Crippen molar-refractivity contribution >= 4 is 17.7 Å². The fraction of sp³-hybridized carbons (Fsp3) is 0.550. The minimum absolute atomic E-state index is 0.101. The highest BCUT2D eigenvalue weighted by Crippen LogP contribution is 2.25. The Morgan fingerprint density at radius 3 is 2.48 bits per heavy atom. The SMILES string of the molecule is Cc1cccc(C(=O)N2CCCN(C(=O)C3CC(=O)N(CC(F)(F)F)C3)CC2)c1. The van der Waals surface area contributed by atoms with Crippen LogP contribution in [0.5, 0.6) is 0 Å². The summed E-state index contributed by atoms with van der Waals surface area (Å²) in [6, 6.07) is 7.29. The standard InChI is InChI=1S/C20H24F3N3O3/c1-14-4-2-5-15(10-14)18(28)24-6-3-7-25(9-8-24)19(29)16-11-17(27)26(12-16)13-20(21,22)23/h2,4-5,10,16H,3,6-9,11-13H2,1H3. The summed E-state index contributed by atoms with van der Waals surface area (Å²) in [7, 11) is 0. The summed E-state index contributed by atoms with van der Waals surface area (Å²) in [6.07, 6.45) is -4.10. The Morgan fingerprint density at radius 1 is 1.10 bits per heavy atom. The molecule has 1 aromatic carbocycles. The van der Waals surface area contributed by atoms with Crippen LogP contribution < -0.4 is 0 Å². The van der Waals surface area contributed by atoms with Crippen molar-refractivity contribution in [1.82, 2.24) is 14.7 Å². The lowest BCUT2D eigenvalue weighted by Crippen LogP contribution is -2.41. The molecular formula is C20H24F3N3O3. The molecule has 1 aromatic rings. The molecule has 3 amide bonds. The highest BCUT2D eigenvalue weighted by atomic mass is 19.4. The predicted octanol–water partition coefficient (Wildman–Crippen LogP) is 2.08. The monoisotopic (exact) mass is 411 g/mol. The maximum atomic E-state index is 12.8. The van der Waals surface area contributed by atoms with Gasteiger partial charge >= 0.3 is 6.18 Å². The van der Waals surface area contributed by atoms with Crippen molar-refractivity contribution in [3.63, 3.8) is 0 Å². The summed E-state index contributed by atoms with van der Waals surface area (Å²) in [6.45, 7) is 1.95. The third-order valence-corrected chi connectivity index (χ3v) is 5.29. The second kappa shape index (κ2) is 8.42. The van der Waals surface area contributed by atoms with E-state index in [2.05, 4.69) is 0 Å². The van der Waals surface area contributed by atoms with Crippen molar-refractivity contribution in [1.29, 1.82) is 0 Å². The van der Waals surface area contributed by atoms with Gasteiger partial charge in [-0.15, -0.1) is 0 Å². The second-order valence-corrected chi connectivity index (χ2v) is 7.63. The van der Waals surface area contributed by atoms with Crippen molar-refractivity contribution in [2.75, 3.05) is 39.3 Å². The van der Waals surface area contributed by atoms with Gasteiger partial charge in [0.15, 0.2) is 0 Å². The van der Waals surface area contributed by atoms with E-state index in [0.29, 0.717) is 43.1 Å². The molecule has 0 bridgehead atoms. The molecule has 0 saturated carbocycles. The molecule has 0 aromatic heterocycles. The molecule has 3 rings (SSSR count). The Hall–Kier alpha value is -2.58. The first-order valence-electron chi connectivity index (χ1n) is 9.63. The van der Waals surface area contributed by atoms with Crippen LogP contribution in [0.25, 0.3) is 0 Å². The average Bonchev–Trinajstić information content (AvgIpc) is 2.86. The highest BCUT2D eigenvalue weighted by Gasteiger charge is 2.41. The number of nitrogens with zero attached hydrogens (tertiary/aromatic N) is 3. The molecule has 2 heterocycles. The summed E-state index contributed by atoms with van der Waals surface area (Å²) in [5, 5.41) is 0. The second-order valence-electron chi connectivity index (χ2n) is 7.63. The molecule has 2 aliphatic rings. The summed E-state index contributed by atoms with van der Waals surface area (Å²) in [4.78, 5) is 41.3. The molecule has 1 unspecified atom stereocenters. The lowest BCUT2D eigenvalue weighted by atomic mass is 10.1. The first-order valence-corrected chi connectivity index (χ1v) is 9.63. The van der Waals surface area contributed by atoms with Gasteiger partial charge in [-0.2, -0.15) is 13.2 Å². The Morgan fingerprint density at radius 2 is 1.79 bits per heavy atom. The van der Waals surface area contributed by atoms with Crippen LogP contribution >= 0.6 is 0 Å². The zero-order valence-corrected chi connectivity index (χ0v) is 16.2. The van der Waals surface area contributed by atoms with Crippen LogP contribution in [0.2, 0.25) is 0 Å². The average molecular weight is 411 g/mol. The van der Waals surface area contributed by atoms with Gasteiger partial charge in [-0.05, 0) is 25.5 Å². The van der Waals surface area contributed by atoms with Gasteiger partial charge in [-0.25, -0.2) is 0 Å². The summed E-state index contributed by atoms with van der Waals surface area (Å²) in [5.74, 6) is -1.82. The quantitative estimate of drug-likeness (QED) is 0.765. The summed E-state index contributed by atoms with van der Waals surface area (Å²) >= 11 is 0. The van der Waals surface area contributed by atoms with Crippen molar-refractivity contribution in [3.05, 3.63) is 35.4 Å². The largest absolute Gasteiger partial charge is 0.406 e. The fourth-order valence-electron chi connectivity index (χ4n) is 3.87. The van der Waals surface area contributed by atoms with Crippen LogP contribution in [0.4, 0.5) is 13.2 Å². The molecule has 29 heavy (non-hydrogen) atoms. The van der Waals surface area contributed by atoms with E-state index in [-0.39, 0.29) is 24.8 Å². The van der Waals surface area contributed by atoms with Gasteiger partial charge in [-0.3, -0.25) is 14.4 Å². The van der Waals surface area contributed by atoms with Crippen LogP contribution in [-0.2, 0) is 9.59 Å². The number of alkyl halides is 3. The lowest BCUT2D eigenvalue weighted by Gasteiger charge is -2.25. The van der Waals surface area contributed by atoms with Gasteiger partial charge in [0, 0.05) is 44.7 Å².